The number of hydrogen-bond donors (Lipinski definition) is 1. The van der Waals surface area contributed by atoms with Gasteiger partial charge in [0.2, 0.25) is 5.89 Å². The molecule has 7 heteroatoms. The summed E-state index contributed by atoms with van der Waals surface area (Å²) in [7, 11) is 0. The zero-order valence-corrected chi connectivity index (χ0v) is 15.6. The van der Waals surface area contributed by atoms with Gasteiger partial charge >= 0.3 is 0 Å². The summed E-state index contributed by atoms with van der Waals surface area (Å²) in [6.45, 7) is 4.11. The maximum absolute atomic E-state index is 12.4. The summed E-state index contributed by atoms with van der Waals surface area (Å²) in [5.74, 6) is 2.14. The summed E-state index contributed by atoms with van der Waals surface area (Å²) in [5, 5.41) is 3.54. The topological polar surface area (TPSA) is 81.2 Å². The Bertz CT molecular complexity index is 1050. The number of amides is 1. The van der Waals surface area contributed by atoms with Crippen molar-refractivity contribution in [3.8, 4) is 22.2 Å². The van der Waals surface area contributed by atoms with Crippen LogP contribution in [0.2, 0.25) is 0 Å². The van der Waals surface area contributed by atoms with Gasteiger partial charge in [0, 0.05) is 17.2 Å². The lowest BCUT2D eigenvalue weighted by Gasteiger charge is -2.04. The van der Waals surface area contributed by atoms with Crippen LogP contribution in [0.4, 0.5) is 5.69 Å². The van der Waals surface area contributed by atoms with E-state index in [0.717, 1.165) is 11.3 Å². The van der Waals surface area contributed by atoms with E-state index in [1.54, 1.807) is 24.7 Å². The Labute approximate surface area is 159 Å². The Morgan fingerprint density at radius 1 is 1.11 bits per heavy atom. The first-order valence-electron chi connectivity index (χ1n) is 8.47. The van der Waals surface area contributed by atoms with Crippen molar-refractivity contribution >= 4 is 22.9 Å². The van der Waals surface area contributed by atoms with E-state index in [-0.39, 0.29) is 11.8 Å². The minimum atomic E-state index is -0.212. The molecule has 4 aromatic rings. The number of carbonyl (C=O) groups excluding carboxylic acids is 1. The van der Waals surface area contributed by atoms with E-state index >= 15 is 0 Å². The molecule has 1 aromatic carbocycles. The predicted molar refractivity (Wildman–Crippen MR) is 104 cm³/mol. The summed E-state index contributed by atoms with van der Waals surface area (Å²) in [6, 6.07) is 11.0. The molecule has 0 unspecified atom stereocenters. The molecule has 6 nitrogen and oxygen atoms in total. The Balaban J connectivity index is 1.45. The molecule has 3 heterocycles. The number of aromatic nitrogens is 2. The van der Waals surface area contributed by atoms with Crippen molar-refractivity contribution in [2.45, 2.75) is 19.8 Å². The van der Waals surface area contributed by atoms with Crippen molar-refractivity contribution in [3.63, 3.8) is 0 Å². The van der Waals surface area contributed by atoms with Crippen LogP contribution in [-0.4, -0.2) is 15.9 Å². The van der Waals surface area contributed by atoms with E-state index in [1.807, 2.05) is 30.3 Å². The molecule has 0 saturated carbocycles. The molecule has 0 saturated heterocycles. The molecule has 0 aliphatic rings. The van der Waals surface area contributed by atoms with Gasteiger partial charge in [0.1, 0.15) is 10.6 Å². The number of nitrogens with one attached hydrogen (secondary N) is 1. The van der Waals surface area contributed by atoms with E-state index in [0.29, 0.717) is 27.2 Å². The SMILES string of the molecule is CC(C)c1cnc(-c2ccc(NC(=O)c3cnc(-c4ccco4)s3)cc2)o1. The predicted octanol–water partition coefficient (Wildman–Crippen LogP) is 5.43. The van der Waals surface area contributed by atoms with Crippen LogP contribution < -0.4 is 5.32 Å². The summed E-state index contributed by atoms with van der Waals surface area (Å²) in [4.78, 5) is 21.5. The molecule has 1 amide bonds. The summed E-state index contributed by atoms with van der Waals surface area (Å²) >= 11 is 1.28. The highest BCUT2D eigenvalue weighted by Crippen LogP contribution is 2.27. The van der Waals surface area contributed by atoms with E-state index < -0.39 is 0 Å². The van der Waals surface area contributed by atoms with Gasteiger partial charge in [-0.2, -0.15) is 0 Å². The van der Waals surface area contributed by atoms with Crippen molar-refractivity contribution in [1.29, 1.82) is 0 Å². The number of oxazole rings is 1. The van der Waals surface area contributed by atoms with Gasteiger partial charge < -0.3 is 14.2 Å². The number of thiazole rings is 1. The second-order valence-corrected chi connectivity index (χ2v) is 7.29. The van der Waals surface area contributed by atoms with Crippen LogP contribution in [0.25, 0.3) is 22.2 Å². The first-order chi connectivity index (χ1) is 13.1. The van der Waals surface area contributed by atoms with Gasteiger partial charge in [0.05, 0.1) is 18.7 Å². The van der Waals surface area contributed by atoms with Crippen LogP contribution in [0.1, 0.15) is 35.2 Å². The molecule has 4 rings (SSSR count). The van der Waals surface area contributed by atoms with Crippen LogP contribution in [0.15, 0.2) is 63.9 Å². The van der Waals surface area contributed by atoms with E-state index in [1.165, 1.54) is 11.3 Å². The quantitative estimate of drug-likeness (QED) is 0.500. The molecule has 1 N–H and O–H groups in total. The van der Waals surface area contributed by atoms with Crippen molar-refractivity contribution in [1.82, 2.24) is 9.97 Å². The highest BCUT2D eigenvalue weighted by molar-refractivity contribution is 7.17. The van der Waals surface area contributed by atoms with Gasteiger partial charge in [-0.25, -0.2) is 9.97 Å². The van der Waals surface area contributed by atoms with Crippen molar-refractivity contribution in [2.75, 3.05) is 5.32 Å². The smallest absolute Gasteiger partial charge is 0.267 e. The third-order valence-electron chi connectivity index (χ3n) is 3.94. The number of hydrogen-bond acceptors (Lipinski definition) is 6. The fourth-order valence-corrected chi connectivity index (χ4v) is 3.25. The number of anilines is 1. The standard InChI is InChI=1S/C20H17N3O3S/c1-12(2)16-10-21-19(26-16)13-5-7-14(8-6-13)23-18(24)17-11-22-20(27-17)15-4-3-9-25-15/h3-12H,1-2H3,(H,23,24). The molecule has 0 spiro atoms. The summed E-state index contributed by atoms with van der Waals surface area (Å²) < 4.78 is 11.0. The fraction of sp³-hybridized carbons (Fsp3) is 0.150. The molecule has 0 aliphatic heterocycles. The number of nitrogens with zero attached hydrogens (tertiary/aromatic N) is 2. The Kier molecular flexibility index (Phi) is 4.60. The summed E-state index contributed by atoms with van der Waals surface area (Å²) in [5.41, 5.74) is 1.55. The van der Waals surface area contributed by atoms with E-state index in [9.17, 15) is 4.79 Å². The second-order valence-electron chi connectivity index (χ2n) is 6.26. The molecular formula is C20H17N3O3S. The second kappa shape index (κ2) is 7.20. The van der Waals surface area contributed by atoms with Crippen LogP contribution in [0.3, 0.4) is 0 Å². The third kappa shape index (κ3) is 3.68. The van der Waals surface area contributed by atoms with Crippen molar-refractivity contribution < 1.29 is 13.6 Å². The first kappa shape index (κ1) is 17.2. The monoisotopic (exact) mass is 379 g/mol. The van der Waals surface area contributed by atoms with Gasteiger partial charge in [0.15, 0.2) is 10.8 Å². The Morgan fingerprint density at radius 3 is 2.59 bits per heavy atom. The van der Waals surface area contributed by atoms with Crippen LogP contribution in [0, 0.1) is 0 Å². The van der Waals surface area contributed by atoms with Crippen molar-refractivity contribution in [3.05, 3.63) is 65.7 Å². The molecule has 3 aromatic heterocycles. The van der Waals surface area contributed by atoms with Gasteiger partial charge in [-0.15, -0.1) is 11.3 Å². The average Bonchev–Trinajstić information content (AvgIpc) is 3.42. The fourth-order valence-electron chi connectivity index (χ4n) is 2.47. The molecule has 0 bridgehead atoms. The number of rotatable bonds is 5. The normalized spacial score (nSPS) is 11.1. The van der Waals surface area contributed by atoms with Gasteiger partial charge in [-0.1, -0.05) is 13.8 Å². The lowest BCUT2D eigenvalue weighted by molar-refractivity contribution is 0.103. The van der Waals surface area contributed by atoms with E-state index in [4.69, 9.17) is 8.83 Å². The van der Waals surface area contributed by atoms with Crippen molar-refractivity contribution in [2.24, 2.45) is 0 Å². The summed E-state index contributed by atoms with van der Waals surface area (Å²) in [6.07, 6.45) is 4.87. The zero-order chi connectivity index (χ0) is 18.8. The average molecular weight is 379 g/mol. The largest absolute Gasteiger partial charge is 0.462 e. The lowest BCUT2D eigenvalue weighted by atomic mass is 10.2. The Morgan fingerprint density at radius 2 is 1.93 bits per heavy atom. The zero-order valence-electron chi connectivity index (χ0n) is 14.8. The third-order valence-corrected chi connectivity index (χ3v) is 4.95. The Hall–Kier alpha value is -3.19. The maximum Gasteiger partial charge on any atom is 0.267 e. The molecule has 0 fully saturated rings. The molecule has 136 valence electrons. The highest BCUT2D eigenvalue weighted by atomic mass is 32.1. The molecule has 0 atom stereocenters. The van der Waals surface area contributed by atoms with Crippen LogP contribution in [-0.2, 0) is 0 Å². The minimum Gasteiger partial charge on any atom is -0.462 e. The number of furan rings is 1. The minimum absolute atomic E-state index is 0.212. The molecular weight excluding hydrogens is 362 g/mol. The number of benzene rings is 1. The molecule has 0 aliphatic carbocycles. The lowest BCUT2D eigenvalue weighted by Crippen LogP contribution is -2.09. The van der Waals surface area contributed by atoms with Crippen LogP contribution in [0.5, 0.6) is 0 Å². The maximum atomic E-state index is 12.4. The van der Waals surface area contributed by atoms with E-state index in [2.05, 4.69) is 29.1 Å². The highest BCUT2D eigenvalue weighted by Gasteiger charge is 2.14. The van der Waals surface area contributed by atoms with Gasteiger partial charge in [0.25, 0.3) is 5.91 Å². The number of carbonyl (C=O) groups is 1. The van der Waals surface area contributed by atoms with Crippen LogP contribution >= 0.6 is 11.3 Å². The van der Waals surface area contributed by atoms with Gasteiger partial charge in [-0.05, 0) is 36.4 Å². The molecule has 0 radical (unpaired) electrons. The molecule has 27 heavy (non-hydrogen) atoms. The van der Waals surface area contributed by atoms with Gasteiger partial charge in [-0.3, -0.25) is 4.79 Å². The first-order valence-corrected chi connectivity index (χ1v) is 9.29.